The van der Waals surface area contributed by atoms with Crippen LogP contribution in [0.2, 0.25) is 0 Å². The third-order valence-corrected chi connectivity index (χ3v) is 1.35. The Morgan fingerprint density at radius 1 is 1.70 bits per heavy atom. The summed E-state index contributed by atoms with van der Waals surface area (Å²) in [5, 5.41) is 11.3. The van der Waals surface area contributed by atoms with Gasteiger partial charge in [0.15, 0.2) is 0 Å². The lowest BCUT2D eigenvalue weighted by molar-refractivity contribution is -0.120. The van der Waals surface area contributed by atoms with Crippen LogP contribution in [-0.2, 0) is 4.79 Å². The third-order valence-electron chi connectivity index (χ3n) is 0.933. The molecule has 60 valence electrons. The highest BCUT2D eigenvalue weighted by atomic mass is 79.9. The Balaban J connectivity index is 3.40. The maximum absolute atomic E-state index is 10.8. The van der Waals surface area contributed by atoms with E-state index < -0.39 is 6.10 Å². The summed E-state index contributed by atoms with van der Waals surface area (Å²) in [6.07, 6.45) is -0.477. The maximum atomic E-state index is 10.8. The van der Waals surface area contributed by atoms with Gasteiger partial charge >= 0.3 is 0 Å². The zero-order chi connectivity index (χ0) is 8.15. The van der Waals surface area contributed by atoms with E-state index in [9.17, 15) is 4.79 Å². The summed E-state index contributed by atoms with van der Waals surface area (Å²) < 4.78 is 0. The number of halogens is 1. The maximum Gasteiger partial charge on any atom is 0.233 e. The quantitative estimate of drug-likeness (QED) is 0.656. The van der Waals surface area contributed by atoms with Gasteiger partial charge in [-0.2, -0.15) is 0 Å². The monoisotopic (exact) mass is 209 g/mol. The molecule has 0 saturated carbocycles. The molecule has 4 heteroatoms. The molecule has 10 heavy (non-hydrogen) atoms. The summed E-state index contributed by atoms with van der Waals surface area (Å²) in [5.41, 5.74) is 0. The van der Waals surface area contributed by atoms with E-state index in [-0.39, 0.29) is 10.7 Å². The topological polar surface area (TPSA) is 49.3 Å². The summed E-state index contributed by atoms with van der Waals surface area (Å²) >= 11 is 3.10. The Hall–Kier alpha value is -0.0900. The van der Waals surface area contributed by atoms with Gasteiger partial charge < -0.3 is 10.4 Å². The van der Waals surface area contributed by atoms with E-state index in [1.54, 1.807) is 13.8 Å². The van der Waals surface area contributed by atoms with Crippen molar-refractivity contribution in [3.63, 3.8) is 0 Å². The van der Waals surface area contributed by atoms with Crippen molar-refractivity contribution in [2.24, 2.45) is 0 Å². The fourth-order valence-electron chi connectivity index (χ4n) is 0.389. The van der Waals surface area contributed by atoms with Crippen LogP contribution in [0.4, 0.5) is 0 Å². The minimum absolute atomic E-state index is 0.0964. The van der Waals surface area contributed by atoms with Crippen LogP contribution < -0.4 is 5.32 Å². The minimum atomic E-state index is -0.477. The molecular formula is C6H12BrNO2. The fraction of sp³-hybridized carbons (Fsp3) is 0.833. The van der Waals surface area contributed by atoms with Gasteiger partial charge in [0.05, 0.1) is 10.9 Å². The van der Waals surface area contributed by atoms with Crippen molar-refractivity contribution < 1.29 is 9.90 Å². The molecule has 0 bridgehead atoms. The number of carbonyl (C=O) groups is 1. The molecule has 0 spiro atoms. The molecule has 0 aliphatic heterocycles. The molecule has 2 atom stereocenters. The van der Waals surface area contributed by atoms with E-state index in [4.69, 9.17) is 5.11 Å². The van der Waals surface area contributed by atoms with Crippen LogP contribution in [0.25, 0.3) is 0 Å². The summed E-state index contributed by atoms with van der Waals surface area (Å²) in [7, 11) is 0. The van der Waals surface area contributed by atoms with Crippen molar-refractivity contribution in [1.29, 1.82) is 0 Å². The molecule has 0 aromatic heterocycles. The molecule has 0 rings (SSSR count). The standard InChI is InChI=1S/C6H12BrNO2/c1-4(9)3-8-6(10)5(2)7/h4-5,9H,3H2,1-2H3,(H,8,10)/t4-,5?/m0/s1. The molecule has 0 aliphatic rings. The number of aliphatic hydroxyl groups is 1. The molecule has 3 nitrogen and oxygen atoms in total. The minimum Gasteiger partial charge on any atom is -0.392 e. The first-order valence-corrected chi connectivity index (χ1v) is 4.05. The number of carbonyl (C=O) groups excluding carboxylic acids is 1. The second kappa shape index (κ2) is 4.68. The van der Waals surface area contributed by atoms with E-state index in [1.807, 2.05) is 0 Å². The summed E-state index contributed by atoms with van der Waals surface area (Å²) in [6, 6.07) is 0. The van der Waals surface area contributed by atoms with Crippen molar-refractivity contribution in [3.05, 3.63) is 0 Å². The average molecular weight is 210 g/mol. The van der Waals surface area contributed by atoms with Crippen LogP contribution in [0.3, 0.4) is 0 Å². The van der Waals surface area contributed by atoms with Crippen molar-refractivity contribution in [3.8, 4) is 0 Å². The third kappa shape index (κ3) is 4.76. The van der Waals surface area contributed by atoms with Crippen molar-refractivity contribution >= 4 is 21.8 Å². The second-order valence-electron chi connectivity index (χ2n) is 2.21. The lowest BCUT2D eigenvalue weighted by Crippen LogP contribution is -2.34. The Labute approximate surface area is 68.9 Å². The molecule has 0 radical (unpaired) electrons. The van der Waals surface area contributed by atoms with Crippen LogP contribution in [-0.4, -0.2) is 28.5 Å². The van der Waals surface area contributed by atoms with Crippen LogP contribution in [0.5, 0.6) is 0 Å². The smallest absolute Gasteiger partial charge is 0.233 e. The first-order chi connectivity index (χ1) is 4.54. The van der Waals surface area contributed by atoms with E-state index in [1.165, 1.54) is 0 Å². The van der Waals surface area contributed by atoms with Gasteiger partial charge in [-0.25, -0.2) is 0 Å². The zero-order valence-corrected chi connectivity index (χ0v) is 7.68. The lowest BCUT2D eigenvalue weighted by Gasteiger charge is -2.07. The predicted molar refractivity (Wildman–Crippen MR) is 43.1 cm³/mol. The lowest BCUT2D eigenvalue weighted by atomic mass is 10.4. The van der Waals surface area contributed by atoms with E-state index >= 15 is 0 Å². The number of hydrogen-bond donors (Lipinski definition) is 2. The first kappa shape index (κ1) is 9.91. The largest absolute Gasteiger partial charge is 0.392 e. The Morgan fingerprint density at radius 3 is 2.50 bits per heavy atom. The fourth-order valence-corrected chi connectivity index (χ4v) is 0.551. The van der Waals surface area contributed by atoms with Gasteiger partial charge in [0.1, 0.15) is 0 Å². The molecule has 0 fully saturated rings. The van der Waals surface area contributed by atoms with Gasteiger partial charge in [0.25, 0.3) is 0 Å². The summed E-state index contributed by atoms with van der Waals surface area (Å²) in [4.78, 5) is 10.6. The van der Waals surface area contributed by atoms with Crippen LogP contribution in [0.1, 0.15) is 13.8 Å². The van der Waals surface area contributed by atoms with Crippen LogP contribution in [0, 0.1) is 0 Å². The van der Waals surface area contributed by atoms with Gasteiger partial charge in [-0.15, -0.1) is 0 Å². The number of nitrogens with one attached hydrogen (secondary N) is 1. The van der Waals surface area contributed by atoms with Crippen molar-refractivity contribution in [2.75, 3.05) is 6.54 Å². The van der Waals surface area contributed by atoms with Gasteiger partial charge in [-0.1, -0.05) is 15.9 Å². The predicted octanol–water partition coefficient (Wildman–Crippen LogP) is 0.267. The van der Waals surface area contributed by atoms with Crippen LogP contribution in [0.15, 0.2) is 0 Å². The molecule has 0 aliphatic carbocycles. The molecule has 0 aromatic carbocycles. The molecule has 2 N–H and O–H groups in total. The molecule has 1 unspecified atom stereocenters. The van der Waals surface area contributed by atoms with Crippen molar-refractivity contribution in [2.45, 2.75) is 24.8 Å². The average Bonchev–Trinajstić information content (AvgIpc) is 1.82. The Kier molecular flexibility index (Phi) is 4.64. The zero-order valence-electron chi connectivity index (χ0n) is 6.10. The highest BCUT2D eigenvalue weighted by Crippen LogP contribution is 1.95. The number of aliphatic hydroxyl groups excluding tert-OH is 1. The number of amides is 1. The van der Waals surface area contributed by atoms with E-state index in [2.05, 4.69) is 21.2 Å². The summed E-state index contributed by atoms with van der Waals surface area (Å²) in [5.74, 6) is -0.0964. The van der Waals surface area contributed by atoms with Gasteiger partial charge in [-0.05, 0) is 13.8 Å². The van der Waals surface area contributed by atoms with Gasteiger partial charge in [-0.3, -0.25) is 4.79 Å². The molecule has 0 aromatic rings. The highest BCUT2D eigenvalue weighted by molar-refractivity contribution is 9.10. The van der Waals surface area contributed by atoms with E-state index in [0.29, 0.717) is 6.54 Å². The highest BCUT2D eigenvalue weighted by Gasteiger charge is 2.07. The number of alkyl halides is 1. The van der Waals surface area contributed by atoms with Crippen molar-refractivity contribution in [1.82, 2.24) is 5.32 Å². The first-order valence-electron chi connectivity index (χ1n) is 3.14. The van der Waals surface area contributed by atoms with Crippen LogP contribution >= 0.6 is 15.9 Å². The number of rotatable bonds is 3. The Morgan fingerprint density at radius 2 is 2.20 bits per heavy atom. The number of hydrogen-bond acceptors (Lipinski definition) is 2. The van der Waals surface area contributed by atoms with Gasteiger partial charge in [0.2, 0.25) is 5.91 Å². The van der Waals surface area contributed by atoms with E-state index in [0.717, 1.165) is 0 Å². The molecule has 1 amide bonds. The molecule has 0 saturated heterocycles. The SMILES string of the molecule is CC(Br)C(=O)NC[C@H](C)O. The Bertz CT molecular complexity index is 114. The normalized spacial score (nSPS) is 16.0. The molecular weight excluding hydrogens is 198 g/mol. The molecule has 0 heterocycles. The second-order valence-corrected chi connectivity index (χ2v) is 3.58. The van der Waals surface area contributed by atoms with Gasteiger partial charge in [0, 0.05) is 6.54 Å². The summed E-state index contributed by atoms with van der Waals surface area (Å²) in [6.45, 7) is 3.67.